The first kappa shape index (κ1) is 20.5. The number of carbonyl (C=O) groups excluding carboxylic acids is 1. The number of aryl methyl sites for hydroxylation is 1. The van der Waals surface area contributed by atoms with Gasteiger partial charge in [-0.25, -0.2) is 14.6 Å². The van der Waals surface area contributed by atoms with Gasteiger partial charge in [-0.1, -0.05) is 41.9 Å². The largest absolute Gasteiger partial charge is 0.354 e. The van der Waals surface area contributed by atoms with Gasteiger partial charge in [-0.15, -0.1) is 0 Å². The molecule has 7 nitrogen and oxygen atoms in total. The maximum Gasteiger partial charge on any atom is 0.255 e. The summed E-state index contributed by atoms with van der Waals surface area (Å²) < 4.78 is 1.85. The van der Waals surface area contributed by atoms with Crippen molar-refractivity contribution in [3.63, 3.8) is 0 Å². The minimum atomic E-state index is -0.0293. The molecule has 1 amide bonds. The second-order valence-corrected chi connectivity index (χ2v) is 8.24. The molecular weight excluding hydrogens is 424 g/mol. The van der Waals surface area contributed by atoms with E-state index in [1.807, 2.05) is 65.2 Å². The van der Waals surface area contributed by atoms with Crippen LogP contribution in [0.3, 0.4) is 0 Å². The minimum Gasteiger partial charge on any atom is -0.354 e. The second-order valence-electron chi connectivity index (χ2n) is 7.84. The van der Waals surface area contributed by atoms with Gasteiger partial charge in [0.1, 0.15) is 11.6 Å². The highest BCUT2D eigenvalue weighted by Crippen LogP contribution is 2.27. The average molecular weight is 447 g/mol. The summed E-state index contributed by atoms with van der Waals surface area (Å²) in [6, 6.07) is 17.2. The lowest BCUT2D eigenvalue weighted by Crippen LogP contribution is -2.35. The van der Waals surface area contributed by atoms with E-state index in [0.29, 0.717) is 36.0 Å². The first-order valence-corrected chi connectivity index (χ1v) is 11.1. The van der Waals surface area contributed by atoms with Gasteiger partial charge in [-0.2, -0.15) is 5.10 Å². The standard InChI is InChI=1S/C24H23ClN6O/c1-17-27-22(20-16-26-31(23(20)28-17)18-8-3-2-4-9-18)29-12-7-13-30(15-14-29)24(32)19-10-5-6-11-21(19)25/h2-6,8-11,16H,7,12-15H2,1H3. The molecule has 1 aliphatic heterocycles. The van der Waals surface area contributed by atoms with E-state index in [2.05, 4.69) is 15.0 Å². The number of amides is 1. The second kappa shape index (κ2) is 8.59. The fourth-order valence-electron chi connectivity index (χ4n) is 4.14. The minimum absolute atomic E-state index is 0.0293. The summed E-state index contributed by atoms with van der Waals surface area (Å²) >= 11 is 6.26. The Morgan fingerprint density at radius 2 is 1.72 bits per heavy atom. The Balaban J connectivity index is 1.43. The molecule has 32 heavy (non-hydrogen) atoms. The third-order valence-electron chi connectivity index (χ3n) is 5.71. The van der Waals surface area contributed by atoms with Crippen LogP contribution in [0.5, 0.6) is 0 Å². The molecule has 1 saturated heterocycles. The maximum absolute atomic E-state index is 13.0. The average Bonchev–Trinajstić information content (AvgIpc) is 3.07. The number of carbonyl (C=O) groups is 1. The van der Waals surface area contributed by atoms with Crippen LogP contribution in [0.2, 0.25) is 5.02 Å². The van der Waals surface area contributed by atoms with Crippen LogP contribution in [0.4, 0.5) is 5.82 Å². The third kappa shape index (κ3) is 3.80. The van der Waals surface area contributed by atoms with E-state index in [4.69, 9.17) is 16.6 Å². The Hall–Kier alpha value is -3.45. The molecule has 0 atom stereocenters. The van der Waals surface area contributed by atoms with Crippen LogP contribution in [0, 0.1) is 6.92 Å². The number of hydrogen-bond donors (Lipinski definition) is 0. The van der Waals surface area contributed by atoms with Gasteiger partial charge in [0.2, 0.25) is 0 Å². The summed E-state index contributed by atoms with van der Waals surface area (Å²) in [5.41, 5.74) is 2.29. The lowest BCUT2D eigenvalue weighted by molar-refractivity contribution is 0.0767. The molecule has 0 aliphatic carbocycles. The predicted octanol–water partition coefficient (Wildman–Crippen LogP) is 4.13. The highest BCUT2D eigenvalue weighted by molar-refractivity contribution is 6.33. The topological polar surface area (TPSA) is 67.2 Å². The monoisotopic (exact) mass is 446 g/mol. The van der Waals surface area contributed by atoms with Crippen molar-refractivity contribution < 1.29 is 4.79 Å². The predicted molar refractivity (Wildman–Crippen MR) is 126 cm³/mol. The van der Waals surface area contributed by atoms with Gasteiger partial charge in [0.25, 0.3) is 5.91 Å². The van der Waals surface area contributed by atoms with Gasteiger partial charge >= 0.3 is 0 Å². The molecule has 8 heteroatoms. The maximum atomic E-state index is 13.0. The zero-order valence-corrected chi connectivity index (χ0v) is 18.5. The molecule has 0 unspecified atom stereocenters. The summed E-state index contributed by atoms with van der Waals surface area (Å²) in [7, 11) is 0. The van der Waals surface area contributed by atoms with Crippen LogP contribution < -0.4 is 4.90 Å². The summed E-state index contributed by atoms with van der Waals surface area (Å²) in [6.45, 7) is 4.65. The number of benzene rings is 2. The van der Waals surface area contributed by atoms with Crippen molar-refractivity contribution in [1.82, 2.24) is 24.6 Å². The summed E-state index contributed by atoms with van der Waals surface area (Å²) in [6.07, 6.45) is 2.67. The number of para-hydroxylation sites is 1. The van der Waals surface area contributed by atoms with Gasteiger partial charge in [0, 0.05) is 26.2 Å². The van der Waals surface area contributed by atoms with Gasteiger partial charge < -0.3 is 9.80 Å². The zero-order chi connectivity index (χ0) is 22.1. The number of fused-ring (bicyclic) bond motifs is 1. The summed E-state index contributed by atoms with van der Waals surface area (Å²) in [4.78, 5) is 26.6. The molecule has 1 fully saturated rings. The number of nitrogens with zero attached hydrogens (tertiary/aromatic N) is 6. The third-order valence-corrected chi connectivity index (χ3v) is 6.04. The van der Waals surface area contributed by atoms with E-state index in [-0.39, 0.29) is 5.91 Å². The van der Waals surface area contributed by atoms with Gasteiger partial charge in [-0.3, -0.25) is 4.79 Å². The van der Waals surface area contributed by atoms with E-state index in [0.717, 1.165) is 35.5 Å². The molecular formula is C24H23ClN6O. The molecule has 0 saturated carbocycles. The number of anilines is 1. The van der Waals surface area contributed by atoms with Crippen molar-refractivity contribution in [3.8, 4) is 5.69 Å². The van der Waals surface area contributed by atoms with E-state index < -0.39 is 0 Å². The number of rotatable bonds is 3. The van der Waals surface area contributed by atoms with Crippen LogP contribution in [0.25, 0.3) is 16.7 Å². The Bertz CT molecular complexity index is 1270. The van der Waals surface area contributed by atoms with Gasteiger partial charge in [0.05, 0.1) is 27.9 Å². The molecule has 0 radical (unpaired) electrons. The Kier molecular flexibility index (Phi) is 5.49. The van der Waals surface area contributed by atoms with Crippen LogP contribution in [0.15, 0.2) is 60.8 Å². The van der Waals surface area contributed by atoms with Crippen LogP contribution in [-0.2, 0) is 0 Å². The molecule has 0 spiro atoms. The van der Waals surface area contributed by atoms with Gasteiger partial charge in [0.15, 0.2) is 5.65 Å². The molecule has 3 heterocycles. The fourth-order valence-corrected chi connectivity index (χ4v) is 4.35. The fraction of sp³-hybridized carbons (Fsp3) is 0.250. The summed E-state index contributed by atoms with van der Waals surface area (Å²) in [5.74, 6) is 1.53. The first-order valence-electron chi connectivity index (χ1n) is 10.7. The Morgan fingerprint density at radius 1 is 0.938 bits per heavy atom. The number of halogens is 1. The van der Waals surface area contributed by atoms with Crippen LogP contribution >= 0.6 is 11.6 Å². The zero-order valence-electron chi connectivity index (χ0n) is 17.8. The van der Waals surface area contributed by atoms with E-state index in [1.165, 1.54) is 0 Å². The molecule has 162 valence electrons. The van der Waals surface area contributed by atoms with Crippen molar-refractivity contribution in [2.75, 3.05) is 31.1 Å². The van der Waals surface area contributed by atoms with E-state index in [1.54, 1.807) is 12.1 Å². The van der Waals surface area contributed by atoms with Crippen molar-refractivity contribution >= 4 is 34.4 Å². The lowest BCUT2D eigenvalue weighted by atomic mass is 10.2. The van der Waals surface area contributed by atoms with Crippen molar-refractivity contribution in [2.45, 2.75) is 13.3 Å². The lowest BCUT2D eigenvalue weighted by Gasteiger charge is -2.23. The molecule has 2 aromatic heterocycles. The quantitative estimate of drug-likeness (QED) is 0.473. The molecule has 0 N–H and O–H groups in total. The molecule has 0 bridgehead atoms. The number of hydrogen-bond acceptors (Lipinski definition) is 5. The molecule has 4 aromatic rings. The number of aromatic nitrogens is 4. The highest BCUT2D eigenvalue weighted by atomic mass is 35.5. The van der Waals surface area contributed by atoms with Crippen molar-refractivity contribution in [2.24, 2.45) is 0 Å². The Labute approximate surface area is 191 Å². The van der Waals surface area contributed by atoms with Crippen LogP contribution in [-0.4, -0.2) is 56.7 Å². The van der Waals surface area contributed by atoms with Crippen molar-refractivity contribution in [1.29, 1.82) is 0 Å². The van der Waals surface area contributed by atoms with Crippen LogP contribution in [0.1, 0.15) is 22.6 Å². The molecule has 1 aliphatic rings. The first-order chi connectivity index (χ1) is 15.6. The molecule has 5 rings (SSSR count). The smallest absolute Gasteiger partial charge is 0.255 e. The van der Waals surface area contributed by atoms with E-state index >= 15 is 0 Å². The summed E-state index contributed by atoms with van der Waals surface area (Å²) in [5, 5.41) is 5.98. The normalized spacial score (nSPS) is 14.6. The molecule has 2 aromatic carbocycles. The highest BCUT2D eigenvalue weighted by Gasteiger charge is 2.24. The Morgan fingerprint density at radius 3 is 2.53 bits per heavy atom. The SMILES string of the molecule is Cc1nc(N2CCCN(C(=O)c3ccccc3Cl)CC2)c2cnn(-c3ccccc3)c2n1. The van der Waals surface area contributed by atoms with Gasteiger partial charge in [-0.05, 0) is 37.6 Å². The van der Waals surface area contributed by atoms with E-state index in [9.17, 15) is 4.79 Å². The van der Waals surface area contributed by atoms with Crippen molar-refractivity contribution in [3.05, 3.63) is 77.2 Å².